The number of para-hydroxylation sites is 5. The number of aryl methyl sites for hydroxylation is 10. The van der Waals surface area contributed by atoms with Crippen LogP contribution in [0.4, 0.5) is 0 Å². The molecule has 12 heteroatoms. The zero-order valence-corrected chi connectivity index (χ0v) is 82.9. The molecule has 20 rings (SSSR count). The molecule has 1 unspecified atom stereocenters. The highest BCUT2D eigenvalue weighted by molar-refractivity contribution is 7.16. The van der Waals surface area contributed by atoms with Gasteiger partial charge in [-0.25, -0.2) is 4.98 Å². The second-order valence-electron chi connectivity index (χ2n) is 26.7. The molecule has 0 saturated carbocycles. The SMILES string of the molecule is CC.CC.CC.CC.CC.CC.CC.CC.CC.CC.CC1CCc2ccccc21.Cc1c[nH]c2ccccc12.Cc1cc2ccccc2[nH]1.Cc1cc2ccccc2[nH]c1=O.Cc1ccc2c(c1)CCO2.Cc1ccc2cccnc2c1.Cc1ccc2cnccc2n1.Cc1ccc2ncsc2c1.Cc1cccc2cccnc12.Cc1cnc2ccccc2c1. The largest absolute Gasteiger partial charge is 0.493 e. The van der Waals surface area contributed by atoms with Crippen LogP contribution in [0.5, 0.6) is 5.75 Å². The van der Waals surface area contributed by atoms with Crippen LogP contribution in [-0.4, -0.2) is 51.5 Å². The normalized spacial score (nSPS) is 10.5. The van der Waals surface area contributed by atoms with Crippen molar-refractivity contribution in [2.24, 2.45) is 0 Å². The quantitative estimate of drug-likeness (QED) is 0.136. The Labute approximate surface area is 762 Å². The first-order chi connectivity index (χ1) is 61.6. The zero-order valence-electron chi connectivity index (χ0n) is 82.1. The minimum Gasteiger partial charge on any atom is -0.493 e. The Morgan fingerprint density at radius 1 is 0.365 bits per heavy atom. The number of nitrogens with one attached hydrogen (secondary N) is 3. The monoisotopic (exact) mass is 1710 g/mol. The van der Waals surface area contributed by atoms with Crippen molar-refractivity contribution in [3.8, 4) is 5.75 Å². The molecule has 9 aromatic carbocycles. The summed E-state index contributed by atoms with van der Waals surface area (Å²) in [4.78, 5) is 45.7. The maximum Gasteiger partial charge on any atom is 0.251 e. The lowest BCUT2D eigenvalue weighted by atomic mass is 10.0. The van der Waals surface area contributed by atoms with Crippen molar-refractivity contribution < 1.29 is 4.74 Å². The zero-order chi connectivity index (χ0) is 94.2. The van der Waals surface area contributed by atoms with E-state index in [2.05, 4.69) is 264 Å². The minimum absolute atomic E-state index is 0.00583. The van der Waals surface area contributed by atoms with Gasteiger partial charge in [-0.1, -0.05) is 309 Å². The van der Waals surface area contributed by atoms with Crippen molar-refractivity contribution >= 4 is 97.9 Å². The molecule has 0 spiro atoms. The lowest BCUT2D eigenvalue weighted by molar-refractivity contribution is 0.357. The number of thiazole rings is 1. The Kier molecular flexibility index (Phi) is 59.6. The van der Waals surface area contributed by atoms with E-state index in [9.17, 15) is 4.79 Å². The number of benzene rings is 9. The van der Waals surface area contributed by atoms with Crippen LogP contribution in [0.25, 0.3) is 86.5 Å². The summed E-state index contributed by atoms with van der Waals surface area (Å²) in [6.07, 6.45) is 14.9. The molecule has 1 atom stereocenters. The van der Waals surface area contributed by atoms with Crippen molar-refractivity contribution in [3.05, 3.63) is 375 Å². The second-order valence-corrected chi connectivity index (χ2v) is 27.6. The van der Waals surface area contributed by atoms with Crippen LogP contribution >= 0.6 is 11.3 Å². The topological polar surface area (TPSA) is 151 Å². The number of nitrogens with zero attached hydrogens (tertiary/aromatic N) is 6. The molecule has 10 heterocycles. The van der Waals surface area contributed by atoms with Gasteiger partial charge in [0.25, 0.3) is 5.56 Å². The van der Waals surface area contributed by atoms with Gasteiger partial charge in [-0.2, -0.15) is 0 Å². The average Bonchev–Trinajstić information content (AvgIpc) is 1.68. The third kappa shape index (κ3) is 38.5. The fraction of sp³-hybridized carbons (Fsp3) is 0.307. The number of H-pyrrole nitrogens is 3. The minimum atomic E-state index is -0.00583. The van der Waals surface area contributed by atoms with Crippen LogP contribution in [0.15, 0.2) is 302 Å². The molecule has 670 valence electrons. The summed E-state index contributed by atoms with van der Waals surface area (Å²) in [5.41, 5.74) is 25.8. The van der Waals surface area contributed by atoms with E-state index in [0.29, 0.717) is 0 Å². The maximum atomic E-state index is 11.2. The lowest BCUT2D eigenvalue weighted by Crippen LogP contribution is -2.08. The Bertz CT molecular complexity index is 5700. The molecule has 0 amide bonds. The van der Waals surface area contributed by atoms with Gasteiger partial charge in [-0.15, -0.1) is 11.3 Å². The van der Waals surface area contributed by atoms with Gasteiger partial charge in [0, 0.05) is 104 Å². The molecular weight excluding hydrogens is 1560 g/mol. The number of ether oxygens (including phenoxy) is 1. The van der Waals surface area contributed by atoms with E-state index in [1.54, 1.807) is 28.7 Å². The van der Waals surface area contributed by atoms with Crippen LogP contribution in [-0.2, 0) is 12.8 Å². The number of rotatable bonds is 0. The predicted octanol–water partition coefficient (Wildman–Crippen LogP) is 33.9. The first kappa shape index (κ1) is 112. The molecule has 0 saturated heterocycles. The molecule has 0 fully saturated rings. The Hall–Kier alpha value is -12.3. The molecule has 1 aliphatic heterocycles. The fourth-order valence-electron chi connectivity index (χ4n) is 12.4. The summed E-state index contributed by atoms with van der Waals surface area (Å²) >= 11 is 1.69. The summed E-state index contributed by atoms with van der Waals surface area (Å²) in [6.45, 7) is 61.6. The molecule has 11 nitrogen and oxygen atoms in total. The molecule has 18 aromatic rings. The number of hydrogen-bond donors (Lipinski definition) is 3. The van der Waals surface area contributed by atoms with E-state index in [1.165, 1.54) is 100 Å². The molecule has 0 radical (unpaired) electrons. The molecule has 1 aliphatic carbocycles. The summed E-state index contributed by atoms with van der Waals surface area (Å²) < 4.78 is 6.63. The van der Waals surface area contributed by atoms with Crippen LogP contribution in [0, 0.1) is 62.3 Å². The standard InChI is InChI=1S/C10H9NO.3C10H9N.C10H12.C9H8N2.2C9H9N.C9H10O.C8H7NS.10C2H6/c1-7-6-8-4-2-3-5-9(8)11-10(7)12;1-8-4-2-5-9-6-3-7-11-10(8)9;1-8-4-5-9-3-2-6-11-10(9)7-8;1-8-6-9-4-2-3-5-10(9)11-7-8;1-8-6-7-9-4-2-3-5-10(8)9;1-7-2-3-8-6-10-5-4-9(8)11-7;1-7-6-10-9-5-3-2-4-8(7)9;1-7-6-8-4-2-3-5-9(8)10-7;1-7-2-3-9-8(6-7)4-5-10-9;1-6-2-3-7-8(4-6)10-5-9-7;10*1-2/h2-6H,1H3,(H,11,12);3*2-7H,1H3;2-5,8H,6-7H2,1H3;2-6H,1H3;2*2-6,10H,1H3;2-3,6H,4-5H2,1H3;2-5H,1H3;10*1-2H3. The van der Waals surface area contributed by atoms with E-state index in [4.69, 9.17) is 4.74 Å². The maximum absolute atomic E-state index is 11.2. The number of hydrogen-bond acceptors (Lipinski definition) is 9. The van der Waals surface area contributed by atoms with Crippen molar-refractivity contribution in [2.75, 3.05) is 6.61 Å². The fourth-order valence-corrected chi connectivity index (χ4v) is 13.2. The average molecular weight is 1710 g/mol. The third-order valence-corrected chi connectivity index (χ3v) is 18.9. The Morgan fingerprint density at radius 3 is 1.59 bits per heavy atom. The van der Waals surface area contributed by atoms with Crippen molar-refractivity contribution in [1.29, 1.82) is 0 Å². The highest BCUT2D eigenvalue weighted by atomic mass is 32.1. The Balaban J connectivity index is 0.000000684. The van der Waals surface area contributed by atoms with Gasteiger partial charge < -0.3 is 19.7 Å². The molecular formula is C114H151N9O2S. The number of pyridine rings is 6. The summed E-state index contributed by atoms with van der Waals surface area (Å²) in [6, 6.07) is 86.6. The second kappa shape index (κ2) is 67.2. The van der Waals surface area contributed by atoms with E-state index in [1.807, 2.05) is 280 Å². The molecule has 3 N–H and O–H groups in total. The predicted molar refractivity (Wildman–Crippen MR) is 560 cm³/mol. The van der Waals surface area contributed by atoms with Gasteiger partial charge in [0.05, 0.1) is 44.4 Å². The van der Waals surface area contributed by atoms with Crippen molar-refractivity contribution in [3.63, 3.8) is 0 Å². The van der Waals surface area contributed by atoms with Gasteiger partial charge in [0.1, 0.15) is 5.75 Å². The first-order valence-electron chi connectivity index (χ1n) is 45.9. The van der Waals surface area contributed by atoms with Gasteiger partial charge >= 0.3 is 0 Å². The lowest BCUT2D eigenvalue weighted by Gasteiger charge is -2.01. The highest BCUT2D eigenvalue weighted by Crippen LogP contribution is 2.32. The summed E-state index contributed by atoms with van der Waals surface area (Å²) in [7, 11) is 0. The number of fused-ring (bicyclic) bond motifs is 10. The summed E-state index contributed by atoms with van der Waals surface area (Å²) in [5, 5.41) is 8.42. The van der Waals surface area contributed by atoms with E-state index in [0.717, 1.165) is 79.8 Å². The van der Waals surface area contributed by atoms with Crippen LogP contribution in [0.3, 0.4) is 0 Å². The molecule has 2 aliphatic rings. The van der Waals surface area contributed by atoms with Gasteiger partial charge in [0.15, 0.2) is 0 Å². The highest BCUT2D eigenvalue weighted by Gasteiger charge is 2.16. The van der Waals surface area contributed by atoms with Crippen molar-refractivity contribution in [2.45, 2.75) is 233 Å². The van der Waals surface area contributed by atoms with Crippen LogP contribution < -0.4 is 10.3 Å². The van der Waals surface area contributed by atoms with E-state index >= 15 is 0 Å². The Morgan fingerprint density at radius 2 is 0.921 bits per heavy atom. The van der Waals surface area contributed by atoms with E-state index < -0.39 is 0 Å². The van der Waals surface area contributed by atoms with Gasteiger partial charge in [-0.3, -0.25) is 29.7 Å². The van der Waals surface area contributed by atoms with Crippen molar-refractivity contribution in [1.82, 2.24) is 44.9 Å². The first-order valence-corrected chi connectivity index (χ1v) is 46.8. The number of aromatic amines is 3. The third-order valence-electron chi connectivity index (χ3n) is 18.1. The van der Waals surface area contributed by atoms with Crippen LogP contribution in [0.2, 0.25) is 0 Å². The summed E-state index contributed by atoms with van der Waals surface area (Å²) in [5.74, 6) is 1.88. The molecule has 0 bridgehead atoms. The smallest absolute Gasteiger partial charge is 0.251 e. The molecule has 9 aromatic heterocycles. The van der Waals surface area contributed by atoms with Gasteiger partial charge in [-0.05, 0) is 233 Å². The number of aromatic nitrogens is 9. The molecule has 126 heavy (non-hydrogen) atoms. The van der Waals surface area contributed by atoms with E-state index in [-0.39, 0.29) is 5.56 Å². The van der Waals surface area contributed by atoms with Crippen LogP contribution in [0.1, 0.15) is 225 Å². The van der Waals surface area contributed by atoms with Gasteiger partial charge in [0.2, 0.25) is 0 Å².